The summed E-state index contributed by atoms with van der Waals surface area (Å²) in [6.07, 6.45) is -0.0970. The summed E-state index contributed by atoms with van der Waals surface area (Å²) < 4.78 is 5.07. The first-order chi connectivity index (χ1) is 7.74. The van der Waals surface area contributed by atoms with E-state index in [0.717, 1.165) is 11.1 Å². The third-order valence-corrected chi connectivity index (χ3v) is 2.66. The van der Waals surface area contributed by atoms with Crippen LogP contribution < -0.4 is 0 Å². The lowest BCUT2D eigenvalue weighted by Gasteiger charge is -2.18. The molecule has 0 heterocycles. The zero-order chi connectivity index (χ0) is 12.0. The van der Waals surface area contributed by atoms with Crippen LogP contribution in [0.2, 0.25) is 0 Å². The second-order valence-corrected chi connectivity index (χ2v) is 3.72. The minimum atomic E-state index is -0.735. The van der Waals surface area contributed by atoms with Crippen molar-refractivity contribution in [1.82, 2.24) is 0 Å². The smallest absolute Gasteiger partial charge is 0.0951 e. The van der Waals surface area contributed by atoms with Gasteiger partial charge in [-0.05, 0) is 17.5 Å². The van der Waals surface area contributed by atoms with Gasteiger partial charge in [0.1, 0.15) is 0 Å². The third kappa shape index (κ3) is 2.82. The SMILES string of the molecule is CCC(C#N)C(O)c1ccccc1COC. The number of rotatable bonds is 5. The minimum absolute atomic E-state index is 0.363. The molecule has 2 atom stereocenters. The van der Waals surface area contributed by atoms with Gasteiger partial charge < -0.3 is 9.84 Å². The van der Waals surface area contributed by atoms with Gasteiger partial charge in [0.25, 0.3) is 0 Å². The maximum Gasteiger partial charge on any atom is 0.0951 e. The Kier molecular flexibility index (Phi) is 4.97. The summed E-state index contributed by atoms with van der Waals surface area (Å²) in [7, 11) is 1.62. The van der Waals surface area contributed by atoms with Crippen LogP contribution in [-0.2, 0) is 11.3 Å². The van der Waals surface area contributed by atoms with E-state index in [4.69, 9.17) is 10.00 Å². The van der Waals surface area contributed by atoms with E-state index >= 15 is 0 Å². The number of hydrogen-bond acceptors (Lipinski definition) is 3. The Morgan fingerprint density at radius 2 is 2.12 bits per heavy atom. The second-order valence-electron chi connectivity index (χ2n) is 3.72. The van der Waals surface area contributed by atoms with E-state index in [-0.39, 0.29) is 5.92 Å². The molecule has 1 rings (SSSR count). The number of aliphatic hydroxyl groups excluding tert-OH is 1. The zero-order valence-electron chi connectivity index (χ0n) is 9.68. The van der Waals surface area contributed by atoms with Gasteiger partial charge >= 0.3 is 0 Å². The monoisotopic (exact) mass is 219 g/mol. The van der Waals surface area contributed by atoms with Crippen LogP contribution in [0.25, 0.3) is 0 Å². The number of aliphatic hydroxyl groups is 1. The Bertz CT molecular complexity index is 370. The van der Waals surface area contributed by atoms with Crippen molar-refractivity contribution in [3.63, 3.8) is 0 Å². The highest BCUT2D eigenvalue weighted by molar-refractivity contribution is 5.29. The van der Waals surface area contributed by atoms with E-state index in [1.54, 1.807) is 7.11 Å². The number of benzene rings is 1. The number of nitriles is 1. The van der Waals surface area contributed by atoms with Crippen LogP contribution in [0.5, 0.6) is 0 Å². The van der Waals surface area contributed by atoms with Crippen molar-refractivity contribution in [2.45, 2.75) is 26.1 Å². The molecule has 0 saturated carbocycles. The summed E-state index contributed by atoms with van der Waals surface area (Å²) in [5.74, 6) is -0.363. The van der Waals surface area contributed by atoms with Crippen molar-refractivity contribution in [3.8, 4) is 6.07 Å². The molecule has 0 aromatic heterocycles. The first-order valence-electron chi connectivity index (χ1n) is 5.39. The molecule has 0 spiro atoms. The number of methoxy groups -OCH3 is 1. The molecule has 0 saturated heterocycles. The predicted molar refractivity (Wildman–Crippen MR) is 61.5 cm³/mol. The lowest BCUT2D eigenvalue weighted by atomic mass is 9.92. The molecule has 0 aliphatic rings. The highest BCUT2D eigenvalue weighted by atomic mass is 16.5. The predicted octanol–water partition coefficient (Wildman–Crippen LogP) is 2.42. The van der Waals surface area contributed by atoms with Crippen LogP contribution in [-0.4, -0.2) is 12.2 Å². The highest BCUT2D eigenvalue weighted by Gasteiger charge is 2.20. The fourth-order valence-electron chi connectivity index (χ4n) is 1.71. The Balaban J connectivity index is 2.98. The van der Waals surface area contributed by atoms with E-state index in [2.05, 4.69) is 6.07 Å². The molecule has 86 valence electrons. The molecular weight excluding hydrogens is 202 g/mol. The van der Waals surface area contributed by atoms with Crippen LogP contribution >= 0.6 is 0 Å². The molecule has 2 unspecified atom stereocenters. The lowest BCUT2D eigenvalue weighted by molar-refractivity contribution is 0.126. The summed E-state index contributed by atoms with van der Waals surface area (Å²) in [5.41, 5.74) is 1.73. The van der Waals surface area contributed by atoms with Crippen molar-refractivity contribution in [3.05, 3.63) is 35.4 Å². The van der Waals surface area contributed by atoms with Gasteiger partial charge in [0.2, 0.25) is 0 Å². The van der Waals surface area contributed by atoms with Crippen molar-refractivity contribution >= 4 is 0 Å². The second kappa shape index (κ2) is 6.26. The summed E-state index contributed by atoms with van der Waals surface area (Å²) in [6.45, 7) is 2.35. The first-order valence-corrected chi connectivity index (χ1v) is 5.39. The van der Waals surface area contributed by atoms with Gasteiger partial charge in [-0.2, -0.15) is 5.26 Å². The lowest BCUT2D eigenvalue weighted by Crippen LogP contribution is -2.12. The van der Waals surface area contributed by atoms with Crippen molar-refractivity contribution in [2.75, 3.05) is 7.11 Å². The van der Waals surface area contributed by atoms with Gasteiger partial charge in [-0.15, -0.1) is 0 Å². The normalized spacial score (nSPS) is 14.1. The van der Waals surface area contributed by atoms with Crippen molar-refractivity contribution in [1.29, 1.82) is 5.26 Å². The van der Waals surface area contributed by atoms with E-state index in [1.807, 2.05) is 31.2 Å². The molecule has 0 bridgehead atoms. The van der Waals surface area contributed by atoms with Crippen LogP contribution in [0.15, 0.2) is 24.3 Å². The molecule has 0 aliphatic heterocycles. The Morgan fingerprint density at radius 1 is 1.44 bits per heavy atom. The quantitative estimate of drug-likeness (QED) is 0.827. The highest BCUT2D eigenvalue weighted by Crippen LogP contribution is 2.27. The molecule has 0 radical (unpaired) electrons. The number of hydrogen-bond donors (Lipinski definition) is 1. The van der Waals surface area contributed by atoms with Crippen LogP contribution in [0.1, 0.15) is 30.6 Å². The van der Waals surface area contributed by atoms with E-state index in [0.29, 0.717) is 13.0 Å². The summed E-state index contributed by atoms with van der Waals surface area (Å²) in [5, 5.41) is 19.0. The summed E-state index contributed by atoms with van der Waals surface area (Å²) in [4.78, 5) is 0. The van der Waals surface area contributed by atoms with Crippen LogP contribution in [0, 0.1) is 17.2 Å². The molecular formula is C13H17NO2. The van der Waals surface area contributed by atoms with E-state index in [9.17, 15) is 5.11 Å². The van der Waals surface area contributed by atoms with Crippen molar-refractivity contribution < 1.29 is 9.84 Å². The third-order valence-electron chi connectivity index (χ3n) is 2.66. The molecule has 1 aromatic rings. The molecule has 0 aliphatic carbocycles. The van der Waals surface area contributed by atoms with Crippen LogP contribution in [0.3, 0.4) is 0 Å². The van der Waals surface area contributed by atoms with Crippen molar-refractivity contribution in [2.24, 2.45) is 5.92 Å². The molecule has 0 amide bonds. The Hall–Kier alpha value is -1.37. The molecule has 1 N–H and O–H groups in total. The average Bonchev–Trinajstić information content (AvgIpc) is 2.31. The maximum atomic E-state index is 10.1. The summed E-state index contributed by atoms with van der Waals surface area (Å²) >= 11 is 0. The van der Waals surface area contributed by atoms with Gasteiger partial charge in [0.15, 0.2) is 0 Å². The average molecular weight is 219 g/mol. The van der Waals surface area contributed by atoms with Gasteiger partial charge in [0, 0.05) is 7.11 Å². The van der Waals surface area contributed by atoms with Gasteiger partial charge in [0.05, 0.1) is 24.7 Å². The molecule has 3 nitrogen and oxygen atoms in total. The Morgan fingerprint density at radius 3 is 2.69 bits per heavy atom. The molecule has 3 heteroatoms. The van der Waals surface area contributed by atoms with E-state index in [1.165, 1.54) is 0 Å². The Labute approximate surface area is 96.3 Å². The zero-order valence-corrected chi connectivity index (χ0v) is 9.68. The van der Waals surface area contributed by atoms with Gasteiger partial charge in [-0.25, -0.2) is 0 Å². The van der Waals surface area contributed by atoms with Gasteiger partial charge in [-0.1, -0.05) is 31.2 Å². The largest absolute Gasteiger partial charge is 0.387 e. The number of ether oxygens (including phenoxy) is 1. The van der Waals surface area contributed by atoms with Gasteiger partial charge in [-0.3, -0.25) is 0 Å². The topological polar surface area (TPSA) is 53.2 Å². The summed E-state index contributed by atoms with van der Waals surface area (Å²) in [6, 6.07) is 9.65. The maximum absolute atomic E-state index is 10.1. The number of nitrogens with zero attached hydrogens (tertiary/aromatic N) is 1. The fraction of sp³-hybridized carbons (Fsp3) is 0.462. The molecule has 0 fully saturated rings. The standard InChI is InChI=1S/C13H17NO2/c1-3-10(8-14)13(15)12-7-5-4-6-11(12)9-16-2/h4-7,10,13,15H,3,9H2,1-2H3. The van der Waals surface area contributed by atoms with E-state index < -0.39 is 6.10 Å². The van der Waals surface area contributed by atoms with Crippen LogP contribution in [0.4, 0.5) is 0 Å². The first kappa shape index (κ1) is 12.7. The fourth-order valence-corrected chi connectivity index (χ4v) is 1.71. The molecule has 1 aromatic carbocycles. The minimum Gasteiger partial charge on any atom is -0.387 e. The molecule has 16 heavy (non-hydrogen) atoms.